The summed E-state index contributed by atoms with van der Waals surface area (Å²) in [7, 11) is 4.13. The van der Waals surface area contributed by atoms with Crippen molar-refractivity contribution < 1.29 is 0 Å². The van der Waals surface area contributed by atoms with Crippen LogP contribution in [0.15, 0.2) is 12.4 Å². The zero-order valence-electron chi connectivity index (χ0n) is 8.27. The highest BCUT2D eigenvalue weighted by atomic mass is 15.3. The SMILES string of the molecule is CN1CCN(c2cnn(C)c2)CC1. The quantitative estimate of drug-likeness (QED) is 0.616. The second kappa shape index (κ2) is 3.38. The number of likely N-dealkylation sites (N-methyl/N-ethyl adjacent to an activating group) is 1. The number of hydrogen-bond acceptors (Lipinski definition) is 3. The van der Waals surface area contributed by atoms with Crippen LogP contribution in [0, 0.1) is 0 Å². The summed E-state index contributed by atoms with van der Waals surface area (Å²) in [5, 5.41) is 4.17. The summed E-state index contributed by atoms with van der Waals surface area (Å²) in [6, 6.07) is 0. The number of nitrogens with zero attached hydrogens (tertiary/aromatic N) is 4. The maximum absolute atomic E-state index is 4.17. The molecule has 0 saturated carbocycles. The highest BCUT2D eigenvalue weighted by Crippen LogP contribution is 2.13. The van der Waals surface area contributed by atoms with Crippen LogP contribution in [0.3, 0.4) is 0 Å². The normalized spacial score (nSPS) is 19.4. The van der Waals surface area contributed by atoms with E-state index in [1.165, 1.54) is 5.69 Å². The van der Waals surface area contributed by atoms with Gasteiger partial charge in [0.2, 0.25) is 0 Å². The first-order valence-electron chi connectivity index (χ1n) is 4.68. The summed E-state index contributed by atoms with van der Waals surface area (Å²) in [6.45, 7) is 4.52. The average molecular weight is 180 g/mol. The highest BCUT2D eigenvalue weighted by Gasteiger charge is 2.14. The lowest BCUT2D eigenvalue weighted by Crippen LogP contribution is -2.44. The van der Waals surface area contributed by atoms with Gasteiger partial charge in [-0.25, -0.2) is 0 Å². The first-order valence-corrected chi connectivity index (χ1v) is 4.68. The summed E-state index contributed by atoms with van der Waals surface area (Å²) >= 11 is 0. The van der Waals surface area contributed by atoms with E-state index in [9.17, 15) is 0 Å². The lowest BCUT2D eigenvalue weighted by Gasteiger charge is -2.32. The molecule has 0 spiro atoms. The van der Waals surface area contributed by atoms with Gasteiger partial charge in [0, 0.05) is 39.4 Å². The highest BCUT2D eigenvalue weighted by molar-refractivity contribution is 5.42. The van der Waals surface area contributed by atoms with E-state index in [-0.39, 0.29) is 0 Å². The van der Waals surface area contributed by atoms with Crippen LogP contribution in [0.5, 0.6) is 0 Å². The Kier molecular flexibility index (Phi) is 2.22. The van der Waals surface area contributed by atoms with Crippen molar-refractivity contribution in [1.29, 1.82) is 0 Å². The van der Waals surface area contributed by atoms with Crippen LogP contribution < -0.4 is 4.90 Å². The molecule has 0 radical (unpaired) electrons. The van der Waals surface area contributed by atoms with Crippen LogP contribution in [0.1, 0.15) is 0 Å². The second-order valence-electron chi connectivity index (χ2n) is 3.66. The van der Waals surface area contributed by atoms with E-state index >= 15 is 0 Å². The Morgan fingerprint density at radius 3 is 2.38 bits per heavy atom. The Labute approximate surface area is 78.7 Å². The van der Waals surface area contributed by atoms with Gasteiger partial charge in [0.05, 0.1) is 11.9 Å². The van der Waals surface area contributed by atoms with Crippen molar-refractivity contribution in [2.75, 3.05) is 38.1 Å². The van der Waals surface area contributed by atoms with Gasteiger partial charge in [-0.05, 0) is 7.05 Å². The van der Waals surface area contributed by atoms with Gasteiger partial charge in [-0.15, -0.1) is 0 Å². The molecule has 1 aliphatic rings. The summed E-state index contributed by atoms with van der Waals surface area (Å²) in [4.78, 5) is 4.74. The van der Waals surface area contributed by atoms with Crippen molar-refractivity contribution in [2.24, 2.45) is 7.05 Å². The zero-order chi connectivity index (χ0) is 9.26. The molecule has 0 aliphatic carbocycles. The Hall–Kier alpha value is -1.03. The van der Waals surface area contributed by atoms with Crippen molar-refractivity contribution in [2.45, 2.75) is 0 Å². The summed E-state index contributed by atoms with van der Waals surface area (Å²) in [6.07, 6.45) is 4.01. The fourth-order valence-electron chi connectivity index (χ4n) is 1.64. The van der Waals surface area contributed by atoms with Crippen LogP contribution in [0.4, 0.5) is 5.69 Å². The number of aromatic nitrogens is 2. The molecular weight excluding hydrogens is 164 g/mol. The fraction of sp³-hybridized carbons (Fsp3) is 0.667. The van der Waals surface area contributed by atoms with Gasteiger partial charge in [0.15, 0.2) is 0 Å². The van der Waals surface area contributed by atoms with E-state index in [1.54, 1.807) is 0 Å². The van der Waals surface area contributed by atoms with Crippen LogP contribution in [0.2, 0.25) is 0 Å². The zero-order valence-corrected chi connectivity index (χ0v) is 8.27. The lowest BCUT2D eigenvalue weighted by molar-refractivity contribution is 0.313. The molecule has 0 aromatic carbocycles. The predicted molar refractivity (Wildman–Crippen MR) is 52.9 cm³/mol. The number of anilines is 1. The molecular formula is C9H16N4. The first kappa shape index (κ1) is 8.56. The second-order valence-corrected chi connectivity index (χ2v) is 3.66. The average Bonchev–Trinajstić information content (AvgIpc) is 2.53. The van der Waals surface area contributed by atoms with E-state index in [4.69, 9.17) is 0 Å². The molecule has 1 aromatic rings. The third kappa shape index (κ3) is 1.83. The van der Waals surface area contributed by atoms with Crippen molar-refractivity contribution in [1.82, 2.24) is 14.7 Å². The predicted octanol–water partition coefficient (Wildman–Crippen LogP) is 0.172. The minimum absolute atomic E-state index is 1.11. The number of aryl methyl sites for hydroxylation is 1. The smallest absolute Gasteiger partial charge is 0.0753 e. The molecule has 1 saturated heterocycles. The van der Waals surface area contributed by atoms with Gasteiger partial charge in [-0.3, -0.25) is 4.68 Å². The largest absolute Gasteiger partial charge is 0.366 e. The molecule has 4 heteroatoms. The van der Waals surface area contributed by atoms with Crippen LogP contribution in [-0.2, 0) is 7.05 Å². The molecule has 2 heterocycles. The Balaban J connectivity index is 2.02. The van der Waals surface area contributed by atoms with Gasteiger partial charge in [0.25, 0.3) is 0 Å². The third-order valence-electron chi connectivity index (χ3n) is 2.56. The van der Waals surface area contributed by atoms with Crippen molar-refractivity contribution in [3.63, 3.8) is 0 Å². The molecule has 1 fully saturated rings. The fourth-order valence-corrected chi connectivity index (χ4v) is 1.64. The number of piperazine rings is 1. The van der Waals surface area contributed by atoms with Crippen molar-refractivity contribution in [3.8, 4) is 0 Å². The maximum atomic E-state index is 4.17. The number of rotatable bonds is 1. The van der Waals surface area contributed by atoms with Gasteiger partial charge in [0.1, 0.15) is 0 Å². The summed E-state index contributed by atoms with van der Waals surface area (Å²) < 4.78 is 1.85. The molecule has 4 nitrogen and oxygen atoms in total. The molecule has 0 unspecified atom stereocenters. The molecule has 1 aromatic heterocycles. The number of hydrogen-bond donors (Lipinski definition) is 0. The van der Waals surface area contributed by atoms with Crippen LogP contribution >= 0.6 is 0 Å². The summed E-state index contributed by atoms with van der Waals surface area (Å²) in [5.74, 6) is 0. The first-order chi connectivity index (χ1) is 6.25. The minimum atomic E-state index is 1.11. The Morgan fingerprint density at radius 2 is 1.85 bits per heavy atom. The standard InChI is InChI=1S/C9H16N4/c1-11-3-5-13(6-4-11)9-7-10-12(2)8-9/h7-8H,3-6H2,1-2H3. The minimum Gasteiger partial charge on any atom is -0.366 e. The molecule has 2 rings (SSSR count). The van der Waals surface area contributed by atoms with E-state index in [0.717, 1.165) is 26.2 Å². The van der Waals surface area contributed by atoms with E-state index in [1.807, 2.05) is 17.9 Å². The Morgan fingerprint density at radius 1 is 1.15 bits per heavy atom. The molecule has 0 amide bonds. The maximum Gasteiger partial charge on any atom is 0.0753 e. The molecule has 13 heavy (non-hydrogen) atoms. The molecule has 72 valence electrons. The topological polar surface area (TPSA) is 24.3 Å². The third-order valence-corrected chi connectivity index (χ3v) is 2.56. The van der Waals surface area contributed by atoms with Gasteiger partial charge < -0.3 is 9.80 Å². The lowest BCUT2D eigenvalue weighted by atomic mass is 10.3. The van der Waals surface area contributed by atoms with Crippen molar-refractivity contribution >= 4 is 5.69 Å². The molecule has 0 N–H and O–H groups in total. The summed E-state index contributed by atoms with van der Waals surface area (Å²) in [5.41, 5.74) is 1.25. The van der Waals surface area contributed by atoms with Crippen LogP contribution in [0.25, 0.3) is 0 Å². The Bertz CT molecular complexity index is 273. The van der Waals surface area contributed by atoms with Gasteiger partial charge in [-0.2, -0.15) is 5.10 Å². The van der Waals surface area contributed by atoms with Crippen molar-refractivity contribution in [3.05, 3.63) is 12.4 Å². The monoisotopic (exact) mass is 180 g/mol. The van der Waals surface area contributed by atoms with Gasteiger partial charge in [-0.1, -0.05) is 0 Å². The molecule has 0 atom stereocenters. The van der Waals surface area contributed by atoms with E-state index in [0.29, 0.717) is 0 Å². The van der Waals surface area contributed by atoms with Crippen LogP contribution in [-0.4, -0.2) is 47.9 Å². The molecule has 1 aliphatic heterocycles. The van der Waals surface area contributed by atoms with Gasteiger partial charge >= 0.3 is 0 Å². The van der Waals surface area contributed by atoms with E-state index in [2.05, 4.69) is 28.1 Å². The van der Waals surface area contributed by atoms with E-state index < -0.39 is 0 Å². The molecule has 0 bridgehead atoms.